The van der Waals surface area contributed by atoms with Gasteiger partial charge in [0.1, 0.15) is 5.60 Å². The lowest BCUT2D eigenvalue weighted by Crippen LogP contribution is -2.69. The van der Waals surface area contributed by atoms with Gasteiger partial charge in [-0.2, -0.15) is 0 Å². The minimum absolute atomic E-state index is 0.00478. The zero-order valence-electron chi connectivity index (χ0n) is 20.3. The van der Waals surface area contributed by atoms with E-state index >= 15 is 0 Å². The van der Waals surface area contributed by atoms with Crippen LogP contribution in [0.3, 0.4) is 0 Å². The number of rotatable bonds is 6. The molecule has 0 bridgehead atoms. The van der Waals surface area contributed by atoms with E-state index in [4.69, 9.17) is 37.1 Å². The lowest BCUT2D eigenvalue weighted by Gasteiger charge is -2.63. The maximum Gasteiger partial charge on any atom is 0.286 e. The maximum absolute atomic E-state index is 13.6. The van der Waals surface area contributed by atoms with Gasteiger partial charge in [-0.1, -0.05) is 38.5 Å². The first-order chi connectivity index (χ1) is 16.5. The molecule has 1 heterocycles. The number of aliphatic hydroxyl groups is 1. The summed E-state index contributed by atoms with van der Waals surface area (Å²) in [5.41, 5.74) is -1.64. The Hall–Kier alpha value is -1.60. The largest absolute Gasteiger partial charge is 0.438 e. The second-order valence-electron chi connectivity index (χ2n) is 11.0. The van der Waals surface area contributed by atoms with Gasteiger partial charge < -0.3 is 19.0 Å². The smallest absolute Gasteiger partial charge is 0.286 e. The molecule has 8 atom stereocenters. The fourth-order valence-corrected chi connectivity index (χ4v) is 8.75. The van der Waals surface area contributed by atoms with Crippen LogP contribution < -0.4 is 4.74 Å². The van der Waals surface area contributed by atoms with Crippen molar-refractivity contribution in [2.75, 3.05) is 12.7 Å². The van der Waals surface area contributed by atoms with E-state index in [9.17, 15) is 14.7 Å². The standard InChI is InChI=1S/C27H32Cl2O6/c1-16-11-20-19-7-6-17-12-18(30)8-9-24(17,2)26(19,29)21(31)13-25(20,3)27(16,22(32)14-28)35-15-34-23-5-4-10-33-23/h4-6,8-10,16,19-21,31H,7,11-15H2,1-3H3/t16-,19+,20+,21+,24+,25+,26+,27+/m1/s1. The van der Waals surface area contributed by atoms with E-state index in [2.05, 4.69) is 6.08 Å². The average molecular weight is 523 g/mol. The number of fused-ring (bicyclic) bond motifs is 5. The van der Waals surface area contributed by atoms with E-state index in [0.29, 0.717) is 25.2 Å². The van der Waals surface area contributed by atoms with Crippen LogP contribution in [0.4, 0.5) is 0 Å². The van der Waals surface area contributed by atoms with Crippen molar-refractivity contribution in [3.8, 4) is 5.95 Å². The Bertz CT molecular complexity index is 1080. The van der Waals surface area contributed by atoms with Crippen LogP contribution in [0, 0.1) is 28.6 Å². The maximum atomic E-state index is 13.6. The van der Waals surface area contributed by atoms with E-state index in [1.807, 2.05) is 26.8 Å². The van der Waals surface area contributed by atoms with Crippen molar-refractivity contribution in [1.29, 1.82) is 0 Å². The molecule has 2 saturated carbocycles. The summed E-state index contributed by atoms with van der Waals surface area (Å²) in [6, 6.07) is 3.38. The Labute approximate surface area is 215 Å². The van der Waals surface area contributed by atoms with Crippen molar-refractivity contribution in [2.45, 2.75) is 63.0 Å². The molecular weight excluding hydrogens is 491 g/mol. The van der Waals surface area contributed by atoms with E-state index in [0.717, 1.165) is 5.57 Å². The number of ether oxygens (including phenoxy) is 2. The summed E-state index contributed by atoms with van der Waals surface area (Å²) in [7, 11) is 0. The van der Waals surface area contributed by atoms with E-state index < -0.39 is 27.4 Å². The summed E-state index contributed by atoms with van der Waals surface area (Å²) < 4.78 is 17.2. The Morgan fingerprint density at radius 1 is 1.31 bits per heavy atom. The summed E-state index contributed by atoms with van der Waals surface area (Å²) in [6.07, 6.45) is 8.10. The molecule has 8 heteroatoms. The Morgan fingerprint density at radius 3 is 2.77 bits per heavy atom. The highest BCUT2D eigenvalue weighted by Crippen LogP contribution is 2.71. The second-order valence-corrected chi connectivity index (χ2v) is 11.9. The van der Waals surface area contributed by atoms with Gasteiger partial charge in [0.2, 0.25) is 0 Å². The van der Waals surface area contributed by atoms with Crippen LogP contribution in [0.1, 0.15) is 46.5 Å². The number of carbonyl (C=O) groups excluding carboxylic acids is 2. The summed E-state index contributed by atoms with van der Waals surface area (Å²) in [5, 5.41) is 11.8. The number of halogens is 2. The van der Waals surface area contributed by atoms with Crippen molar-refractivity contribution >= 4 is 34.8 Å². The van der Waals surface area contributed by atoms with Crippen LogP contribution in [-0.2, 0) is 14.3 Å². The third-order valence-corrected chi connectivity index (χ3v) is 10.8. The molecule has 0 aliphatic heterocycles. The minimum Gasteiger partial charge on any atom is -0.438 e. The molecule has 0 radical (unpaired) electrons. The minimum atomic E-state index is -1.24. The van der Waals surface area contributed by atoms with Crippen molar-refractivity contribution in [2.24, 2.45) is 28.6 Å². The van der Waals surface area contributed by atoms with Crippen LogP contribution in [-0.4, -0.2) is 45.9 Å². The summed E-state index contributed by atoms with van der Waals surface area (Å²) in [6.45, 7) is 5.88. The first kappa shape index (κ1) is 25.1. The van der Waals surface area contributed by atoms with Gasteiger partial charge in [0.15, 0.2) is 18.4 Å². The fraction of sp³-hybridized carbons (Fsp3) is 0.630. The third-order valence-electron chi connectivity index (χ3n) is 9.66. The molecule has 0 unspecified atom stereocenters. The van der Waals surface area contributed by atoms with Gasteiger partial charge in [0.05, 0.1) is 23.1 Å². The first-order valence-corrected chi connectivity index (χ1v) is 13.1. The van der Waals surface area contributed by atoms with Crippen LogP contribution in [0.25, 0.3) is 0 Å². The number of carbonyl (C=O) groups is 2. The van der Waals surface area contributed by atoms with Gasteiger partial charge >= 0.3 is 0 Å². The molecule has 0 saturated heterocycles. The van der Waals surface area contributed by atoms with Gasteiger partial charge in [-0.05, 0) is 49.2 Å². The summed E-state index contributed by atoms with van der Waals surface area (Å²) >= 11 is 13.7. The molecule has 1 aromatic heterocycles. The predicted octanol–water partition coefficient (Wildman–Crippen LogP) is 5.07. The van der Waals surface area contributed by atoms with Crippen LogP contribution >= 0.6 is 23.2 Å². The number of aliphatic hydroxyl groups excluding tert-OH is 1. The van der Waals surface area contributed by atoms with Gasteiger partial charge in [-0.3, -0.25) is 9.59 Å². The average Bonchev–Trinajstić information content (AvgIpc) is 3.41. The monoisotopic (exact) mass is 522 g/mol. The number of furan rings is 1. The molecule has 1 N–H and O–H groups in total. The van der Waals surface area contributed by atoms with Crippen LogP contribution in [0.2, 0.25) is 0 Å². The van der Waals surface area contributed by atoms with Gasteiger partial charge in [0, 0.05) is 23.3 Å². The first-order valence-electron chi connectivity index (χ1n) is 12.2. The molecule has 4 aliphatic rings. The van der Waals surface area contributed by atoms with Crippen LogP contribution in [0.5, 0.6) is 5.95 Å². The van der Waals surface area contributed by atoms with Crippen molar-refractivity contribution in [3.05, 3.63) is 42.2 Å². The highest BCUT2D eigenvalue weighted by Gasteiger charge is 2.75. The molecular formula is C27H32Cl2O6. The number of hydrogen-bond donors (Lipinski definition) is 1. The highest BCUT2D eigenvalue weighted by molar-refractivity contribution is 6.29. The molecule has 0 spiro atoms. The third kappa shape index (κ3) is 3.22. The molecule has 2 fully saturated rings. The normalized spacial score (nSPS) is 44.3. The van der Waals surface area contributed by atoms with Gasteiger partial charge in [-0.15, -0.1) is 23.2 Å². The zero-order chi connectivity index (χ0) is 25.2. The number of hydrogen-bond acceptors (Lipinski definition) is 6. The van der Waals surface area contributed by atoms with Crippen LogP contribution in [0.15, 0.2) is 46.6 Å². The second kappa shape index (κ2) is 8.47. The Kier molecular flexibility index (Phi) is 6.07. The number of alkyl halides is 2. The van der Waals surface area contributed by atoms with E-state index in [1.54, 1.807) is 18.2 Å². The molecule has 5 rings (SSSR count). The predicted molar refractivity (Wildman–Crippen MR) is 131 cm³/mol. The SMILES string of the molecule is C[C@@H]1C[C@H]2[C@@H]3CC=C4CC(=O)C=C[C@]4(C)[C@@]3(Cl)[C@@H](O)C[C@]2(C)[C@@]1(OCOc1ccco1)C(=O)CCl. The highest BCUT2D eigenvalue weighted by atomic mass is 35.5. The zero-order valence-corrected chi connectivity index (χ0v) is 21.8. The van der Waals surface area contributed by atoms with Crippen molar-refractivity contribution in [3.63, 3.8) is 0 Å². The molecule has 6 nitrogen and oxygen atoms in total. The summed E-state index contributed by atoms with van der Waals surface area (Å²) in [4.78, 5) is 24.7. The lowest BCUT2D eigenvalue weighted by atomic mass is 9.46. The molecule has 35 heavy (non-hydrogen) atoms. The van der Waals surface area contributed by atoms with E-state index in [1.165, 1.54) is 6.26 Å². The molecule has 1 aromatic rings. The lowest BCUT2D eigenvalue weighted by molar-refractivity contribution is -0.208. The number of ketones is 2. The van der Waals surface area contributed by atoms with E-state index in [-0.39, 0.29) is 48.4 Å². The van der Waals surface area contributed by atoms with Gasteiger partial charge in [-0.25, -0.2) is 0 Å². The van der Waals surface area contributed by atoms with Crippen molar-refractivity contribution in [1.82, 2.24) is 0 Å². The molecule has 4 aliphatic carbocycles. The Morgan fingerprint density at radius 2 is 2.09 bits per heavy atom. The molecule has 0 amide bonds. The molecule has 0 aromatic carbocycles. The van der Waals surface area contributed by atoms with Gasteiger partial charge in [0.25, 0.3) is 5.95 Å². The molecule has 190 valence electrons. The topological polar surface area (TPSA) is 86.0 Å². The fourth-order valence-electron chi connectivity index (χ4n) is 8.04. The number of allylic oxidation sites excluding steroid dienone is 4. The Balaban J connectivity index is 1.55. The van der Waals surface area contributed by atoms with Crippen molar-refractivity contribution < 1.29 is 28.6 Å². The number of Topliss-reactive ketones (excluding diaryl/α,β-unsaturated/α-hetero) is 1. The summed E-state index contributed by atoms with van der Waals surface area (Å²) in [5.74, 6) is -0.361. The quantitative estimate of drug-likeness (QED) is 0.319.